The summed E-state index contributed by atoms with van der Waals surface area (Å²) < 4.78 is 5.82. The van der Waals surface area contributed by atoms with Crippen molar-refractivity contribution in [3.8, 4) is 5.75 Å². The van der Waals surface area contributed by atoms with Crippen LogP contribution in [0.25, 0.3) is 0 Å². The van der Waals surface area contributed by atoms with Gasteiger partial charge in [0.25, 0.3) is 0 Å². The van der Waals surface area contributed by atoms with Crippen molar-refractivity contribution in [2.75, 3.05) is 6.61 Å². The van der Waals surface area contributed by atoms with E-state index in [4.69, 9.17) is 10.6 Å². The maximum atomic E-state index is 5.82. The second-order valence-electron chi connectivity index (χ2n) is 4.96. The quantitative estimate of drug-likeness (QED) is 0.619. The SMILES string of the molecule is CCC(C)C(NN)C1COc2ccccc2C1. The van der Waals surface area contributed by atoms with E-state index in [0.29, 0.717) is 17.9 Å². The van der Waals surface area contributed by atoms with Gasteiger partial charge in [0.15, 0.2) is 0 Å². The van der Waals surface area contributed by atoms with Gasteiger partial charge in [-0.15, -0.1) is 0 Å². The molecule has 0 aromatic heterocycles. The van der Waals surface area contributed by atoms with E-state index in [2.05, 4.69) is 31.4 Å². The average Bonchev–Trinajstić information content (AvgIpc) is 2.39. The summed E-state index contributed by atoms with van der Waals surface area (Å²) in [6, 6.07) is 8.60. The maximum absolute atomic E-state index is 5.82. The van der Waals surface area contributed by atoms with E-state index in [0.717, 1.165) is 25.2 Å². The van der Waals surface area contributed by atoms with Gasteiger partial charge in [-0.1, -0.05) is 38.5 Å². The van der Waals surface area contributed by atoms with Crippen molar-refractivity contribution in [3.63, 3.8) is 0 Å². The van der Waals surface area contributed by atoms with Crippen LogP contribution >= 0.6 is 0 Å². The summed E-state index contributed by atoms with van der Waals surface area (Å²) in [5.74, 6) is 7.76. The van der Waals surface area contributed by atoms with Gasteiger partial charge in [-0.25, -0.2) is 0 Å². The van der Waals surface area contributed by atoms with Crippen LogP contribution in [0.3, 0.4) is 0 Å². The van der Waals surface area contributed by atoms with E-state index in [1.807, 2.05) is 12.1 Å². The Morgan fingerprint density at radius 3 is 2.94 bits per heavy atom. The molecule has 3 heteroatoms. The van der Waals surface area contributed by atoms with Crippen molar-refractivity contribution >= 4 is 0 Å². The molecule has 2 rings (SSSR count). The van der Waals surface area contributed by atoms with E-state index >= 15 is 0 Å². The van der Waals surface area contributed by atoms with Gasteiger partial charge in [-0.2, -0.15) is 0 Å². The molecule has 3 N–H and O–H groups in total. The Morgan fingerprint density at radius 2 is 2.24 bits per heavy atom. The molecule has 3 nitrogen and oxygen atoms in total. The second-order valence-corrected chi connectivity index (χ2v) is 4.96. The molecular weight excluding hydrogens is 212 g/mol. The molecule has 0 saturated heterocycles. The standard InChI is InChI=1S/C14H22N2O/c1-3-10(2)14(16-15)12-8-11-6-4-5-7-13(11)17-9-12/h4-7,10,12,14,16H,3,8-9,15H2,1-2H3. The van der Waals surface area contributed by atoms with Gasteiger partial charge in [0.05, 0.1) is 6.61 Å². The highest BCUT2D eigenvalue weighted by Gasteiger charge is 2.29. The summed E-state index contributed by atoms with van der Waals surface area (Å²) >= 11 is 0. The normalized spacial score (nSPS) is 22.4. The molecule has 94 valence electrons. The first kappa shape index (κ1) is 12.4. The lowest BCUT2D eigenvalue weighted by atomic mass is 9.83. The first-order valence-electron chi connectivity index (χ1n) is 6.43. The molecule has 0 bridgehead atoms. The molecule has 0 radical (unpaired) electrons. The van der Waals surface area contributed by atoms with E-state index in [1.165, 1.54) is 5.56 Å². The molecule has 1 aromatic carbocycles. The van der Waals surface area contributed by atoms with Gasteiger partial charge >= 0.3 is 0 Å². The minimum Gasteiger partial charge on any atom is -0.493 e. The number of fused-ring (bicyclic) bond motifs is 1. The van der Waals surface area contributed by atoms with Crippen LogP contribution in [0.1, 0.15) is 25.8 Å². The fourth-order valence-corrected chi connectivity index (χ4v) is 2.60. The fourth-order valence-electron chi connectivity index (χ4n) is 2.60. The zero-order valence-electron chi connectivity index (χ0n) is 10.6. The molecular formula is C14H22N2O. The predicted molar refractivity (Wildman–Crippen MR) is 69.7 cm³/mol. The van der Waals surface area contributed by atoms with E-state index in [1.54, 1.807) is 0 Å². The Labute approximate surface area is 103 Å². The predicted octanol–water partition coefficient (Wildman–Crippen LogP) is 2.12. The number of benzene rings is 1. The van der Waals surface area contributed by atoms with Crippen LogP contribution in [0.2, 0.25) is 0 Å². The molecule has 0 fully saturated rings. The van der Waals surface area contributed by atoms with E-state index in [9.17, 15) is 0 Å². The summed E-state index contributed by atoms with van der Waals surface area (Å²) in [6.07, 6.45) is 2.18. The van der Waals surface area contributed by atoms with Crippen LogP contribution in [0.15, 0.2) is 24.3 Å². The third kappa shape index (κ3) is 2.61. The van der Waals surface area contributed by atoms with Crippen molar-refractivity contribution in [1.29, 1.82) is 0 Å². The number of nitrogens with two attached hydrogens (primary N) is 1. The third-order valence-corrected chi connectivity index (χ3v) is 3.86. The maximum Gasteiger partial charge on any atom is 0.122 e. The molecule has 3 unspecified atom stereocenters. The molecule has 0 saturated carbocycles. The molecule has 1 aliphatic rings. The molecule has 0 spiro atoms. The number of nitrogens with one attached hydrogen (secondary N) is 1. The fraction of sp³-hybridized carbons (Fsp3) is 0.571. The average molecular weight is 234 g/mol. The first-order valence-corrected chi connectivity index (χ1v) is 6.43. The number of para-hydroxylation sites is 1. The molecule has 3 atom stereocenters. The third-order valence-electron chi connectivity index (χ3n) is 3.86. The van der Waals surface area contributed by atoms with Crippen molar-refractivity contribution in [1.82, 2.24) is 5.43 Å². The Balaban J connectivity index is 2.10. The van der Waals surface area contributed by atoms with Crippen molar-refractivity contribution in [2.24, 2.45) is 17.7 Å². The van der Waals surface area contributed by atoms with Crippen LogP contribution in [0.4, 0.5) is 0 Å². The summed E-state index contributed by atoms with van der Waals surface area (Å²) in [6.45, 7) is 5.20. The number of hydrazine groups is 1. The van der Waals surface area contributed by atoms with Gasteiger partial charge in [0.1, 0.15) is 5.75 Å². The minimum atomic E-state index is 0.327. The molecule has 1 aromatic rings. The molecule has 0 aliphatic carbocycles. The summed E-state index contributed by atoms with van der Waals surface area (Å²) in [7, 11) is 0. The van der Waals surface area contributed by atoms with Gasteiger partial charge < -0.3 is 4.74 Å². The number of hydrogen-bond acceptors (Lipinski definition) is 3. The second kappa shape index (κ2) is 5.52. The Hall–Kier alpha value is -1.06. The smallest absolute Gasteiger partial charge is 0.122 e. The summed E-state index contributed by atoms with van der Waals surface area (Å²) in [4.78, 5) is 0. The zero-order valence-corrected chi connectivity index (χ0v) is 10.6. The van der Waals surface area contributed by atoms with Crippen LogP contribution in [0.5, 0.6) is 5.75 Å². The van der Waals surface area contributed by atoms with Crippen molar-refractivity contribution < 1.29 is 4.74 Å². The minimum absolute atomic E-state index is 0.327. The Bertz CT molecular complexity index is 367. The zero-order chi connectivity index (χ0) is 12.3. The lowest BCUT2D eigenvalue weighted by molar-refractivity contribution is 0.156. The monoisotopic (exact) mass is 234 g/mol. The highest BCUT2D eigenvalue weighted by atomic mass is 16.5. The highest BCUT2D eigenvalue weighted by Crippen LogP contribution is 2.30. The molecule has 0 amide bonds. The van der Waals surface area contributed by atoms with Crippen LogP contribution in [0, 0.1) is 11.8 Å². The van der Waals surface area contributed by atoms with E-state index in [-0.39, 0.29) is 0 Å². The summed E-state index contributed by atoms with van der Waals surface area (Å²) in [5, 5.41) is 0. The van der Waals surface area contributed by atoms with Gasteiger partial charge in [-0.3, -0.25) is 11.3 Å². The Morgan fingerprint density at radius 1 is 1.47 bits per heavy atom. The summed E-state index contributed by atoms with van der Waals surface area (Å²) in [5.41, 5.74) is 4.27. The number of rotatable bonds is 4. The highest BCUT2D eigenvalue weighted by molar-refractivity contribution is 5.35. The molecule has 1 heterocycles. The number of hydrogen-bond donors (Lipinski definition) is 2. The molecule has 1 aliphatic heterocycles. The first-order chi connectivity index (χ1) is 8.26. The van der Waals surface area contributed by atoms with Crippen molar-refractivity contribution in [3.05, 3.63) is 29.8 Å². The lowest BCUT2D eigenvalue weighted by Gasteiger charge is -2.34. The van der Waals surface area contributed by atoms with Crippen LogP contribution < -0.4 is 16.0 Å². The topological polar surface area (TPSA) is 47.3 Å². The van der Waals surface area contributed by atoms with E-state index < -0.39 is 0 Å². The van der Waals surface area contributed by atoms with Crippen LogP contribution in [-0.4, -0.2) is 12.6 Å². The number of ether oxygens (including phenoxy) is 1. The largest absolute Gasteiger partial charge is 0.493 e. The lowest BCUT2D eigenvalue weighted by Crippen LogP contribution is -2.48. The van der Waals surface area contributed by atoms with Gasteiger partial charge in [-0.05, 0) is 24.0 Å². The molecule has 17 heavy (non-hydrogen) atoms. The van der Waals surface area contributed by atoms with Crippen molar-refractivity contribution in [2.45, 2.75) is 32.7 Å². The van der Waals surface area contributed by atoms with Crippen LogP contribution in [-0.2, 0) is 6.42 Å². The van der Waals surface area contributed by atoms with Gasteiger partial charge in [0, 0.05) is 12.0 Å². The Kier molecular flexibility index (Phi) is 4.02. The van der Waals surface area contributed by atoms with Gasteiger partial charge in [0.2, 0.25) is 0 Å².